The number of nitrogens with zero attached hydrogens (tertiary/aromatic N) is 2. The first-order chi connectivity index (χ1) is 12.2. The number of carbonyl (C=O) groups is 2. The van der Waals surface area contributed by atoms with Crippen LogP contribution in [0.1, 0.15) is 22.8 Å². The molecule has 0 spiro atoms. The van der Waals surface area contributed by atoms with E-state index in [0.29, 0.717) is 16.8 Å². The number of Topliss-reactive ketones (excluding diaryl/α,β-unsaturated/α-hetero) is 1. The molecule has 1 amide bonds. The molecule has 2 aromatic rings. The Morgan fingerprint density at radius 1 is 1.15 bits per heavy atom. The van der Waals surface area contributed by atoms with Crippen molar-refractivity contribution in [3.63, 3.8) is 0 Å². The van der Waals surface area contributed by atoms with Crippen LogP contribution in [0.5, 0.6) is 0 Å². The highest BCUT2D eigenvalue weighted by molar-refractivity contribution is 7.89. The van der Waals surface area contributed by atoms with Crippen molar-refractivity contribution in [3.05, 3.63) is 59.7 Å². The summed E-state index contributed by atoms with van der Waals surface area (Å²) in [6.45, 7) is 0.995. The lowest BCUT2D eigenvalue weighted by Gasteiger charge is -2.17. The summed E-state index contributed by atoms with van der Waals surface area (Å²) in [6.07, 6.45) is 0. The van der Waals surface area contributed by atoms with Crippen LogP contribution in [0.2, 0.25) is 0 Å². The molecule has 8 heteroatoms. The number of nitriles is 1. The molecule has 0 aliphatic heterocycles. The average Bonchev–Trinajstić information content (AvgIpc) is 2.61. The Balaban J connectivity index is 2.09. The third-order valence-corrected chi connectivity index (χ3v) is 5.43. The Bertz CT molecular complexity index is 976. The minimum absolute atomic E-state index is 0.00993. The summed E-state index contributed by atoms with van der Waals surface area (Å²) in [4.78, 5) is 23.4. The van der Waals surface area contributed by atoms with Crippen LogP contribution in [0, 0.1) is 11.3 Å². The molecule has 0 aromatic heterocycles. The van der Waals surface area contributed by atoms with Gasteiger partial charge in [-0.25, -0.2) is 8.42 Å². The molecule has 0 unspecified atom stereocenters. The van der Waals surface area contributed by atoms with Crippen molar-refractivity contribution in [2.45, 2.75) is 11.8 Å². The molecule has 0 saturated heterocycles. The van der Waals surface area contributed by atoms with E-state index < -0.39 is 22.5 Å². The van der Waals surface area contributed by atoms with Crippen LogP contribution >= 0.6 is 0 Å². The van der Waals surface area contributed by atoms with Crippen LogP contribution in [-0.2, 0) is 14.8 Å². The van der Waals surface area contributed by atoms with Gasteiger partial charge >= 0.3 is 0 Å². The fraction of sp³-hybridized carbons (Fsp3) is 0.167. The van der Waals surface area contributed by atoms with Crippen molar-refractivity contribution in [2.75, 3.05) is 18.9 Å². The molecule has 0 atom stereocenters. The second-order valence-corrected chi connectivity index (χ2v) is 7.63. The molecule has 2 aromatic carbocycles. The Morgan fingerprint density at radius 2 is 1.81 bits per heavy atom. The fourth-order valence-corrected chi connectivity index (χ4v) is 3.32. The lowest BCUT2D eigenvalue weighted by molar-refractivity contribution is -0.116. The maximum atomic E-state index is 12.5. The van der Waals surface area contributed by atoms with E-state index in [0.717, 1.165) is 4.31 Å². The highest BCUT2D eigenvalue weighted by atomic mass is 32.2. The summed E-state index contributed by atoms with van der Waals surface area (Å²) in [7, 11) is -2.58. The topological polar surface area (TPSA) is 107 Å². The Morgan fingerprint density at radius 3 is 2.38 bits per heavy atom. The van der Waals surface area contributed by atoms with E-state index in [1.54, 1.807) is 18.2 Å². The van der Waals surface area contributed by atoms with Crippen molar-refractivity contribution < 1.29 is 18.0 Å². The summed E-state index contributed by atoms with van der Waals surface area (Å²) >= 11 is 0. The first-order valence-corrected chi connectivity index (χ1v) is 9.05. The van der Waals surface area contributed by atoms with Crippen LogP contribution in [0.25, 0.3) is 0 Å². The third-order valence-electron chi connectivity index (χ3n) is 3.61. The van der Waals surface area contributed by atoms with Gasteiger partial charge in [0.2, 0.25) is 15.9 Å². The molecule has 0 aliphatic carbocycles. The SMILES string of the molecule is CC(=O)c1ccc(S(=O)(=O)N(C)CC(=O)Nc2cccc(C#N)c2)cc1. The van der Waals surface area contributed by atoms with Gasteiger partial charge in [-0.05, 0) is 37.3 Å². The van der Waals surface area contributed by atoms with Gasteiger partial charge in [0.05, 0.1) is 23.1 Å². The highest BCUT2D eigenvalue weighted by Gasteiger charge is 2.23. The summed E-state index contributed by atoms with van der Waals surface area (Å²) in [6, 6.07) is 13.8. The number of sulfonamides is 1. The maximum absolute atomic E-state index is 12.5. The van der Waals surface area contributed by atoms with Gasteiger partial charge in [-0.3, -0.25) is 9.59 Å². The summed E-state index contributed by atoms with van der Waals surface area (Å²) in [5.74, 6) is -0.701. The number of carbonyl (C=O) groups excluding carboxylic acids is 2. The summed E-state index contributed by atoms with van der Waals surface area (Å²) in [5, 5.41) is 11.4. The standard InChI is InChI=1S/C18H17N3O4S/c1-13(22)15-6-8-17(9-7-15)26(24,25)21(2)12-18(23)20-16-5-3-4-14(10-16)11-19/h3-10H,12H2,1-2H3,(H,20,23). The minimum atomic E-state index is -3.87. The summed E-state index contributed by atoms with van der Waals surface area (Å²) < 4.78 is 26.0. The van der Waals surface area contributed by atoms with Crippen molar-refractivity contribution in [3.8, 4) is 6.07 Å². The zero-order valence-corrected chi connectivity index (χ0v) is 15.1. The molecule has 0 heterocycles. The quantitative estimate of drug-likeness (QED) is 0.782. The van der Waals surface area contributed by atoms with Gasteiger partial charge in [-0.2, -0.15) is 9.57 Å². The van der Waals surface area contributed by atoms with E-state index >= 15 is 0 Å². The maximum Gasteiger partial charge on any atom is 0.243 e. The smallest absolute Gasteiger partial charge is 0.243 e. The fourth-order valence-electron chi connectivity index (χ4n) is 2.20. The Kier molecular flexibility index (Phi) is 5.87. The van der Waals surface area contributed by atoms with E-state index in [1.807, 2.05) is 6.07 Å². The average molecular weight is 371 g/mol. The van der Waals surface area contributed by atoms with Crippen molar-refractivity contribution in [1.29, 1.82) is 5.26 Å². The lowest BCUT2D eigenvalue weighted by atomic mass is 10.2. The molecule has 2 rings (SSSR count). The molecule has 0 bridgehead atoms. The van der Waals surface area contributed by atoms with E-state index in [2.05, 4.69) is 5.32 Å². The highest BCUT2D eigenvalue weighted by Crippen LogP contribution is 2.16. The first kappa shape index (κ1) is 19.3. The molecule has 0 aliphatic rings. The van der Waals surface area contributed by atoms with Gasteiger partial charge in [0, 0.05) is 18.3 Å². The number of hydrogen-bond donors (Lipinski definition) is 1. The van der Waals surface area contributed by atoms with Gasteiger partial charge in [0.15, 0.2) is 5.78 Å². The monoisotopic (exact) mass is 371 g/mol. The normalized spacial score (nSPS) is 11.0. The number of nitrogens with one attached hydrogen (secondary N) is 1. The van der Waals surface area contributed by atoms with Crippen LogP contribution in [0.4, 0.5) is 5.69 Å². The van der Waals surface area contributed by atoms with E-state index in [4.69, 9.17) is 5.26 Å². The van der Waals surface area contributed by atoms with Gasteiger partial charge < -0.3 is 5.32 Å². The number of anilines is 1. The van der Waals surface area contributed by atoms with Gasteiger partial charge in [-0.15, -0.1) is 0 Å². The van der Waals surface area contributed by atoms with Crippen molar-refractivity contribution >= 4 is 27.4 Å². The Labute approximate surface area is 151 Å². The first-order valence-electron chi connectivity index (χ1n) is 7.61. The molecule has 0 saturated carbocycles. The van der Waals surface area contributed by atoms with Crippen LogP contribution < -0.4 is 5.32 Å². The minimum Gasteiger partial charge on any atom is -0.325 e. The molecular weight excluding hydrogens is 354 g/mol. The second kappa shape index (κ2) is 7.91. The van der Waals surface area contributed by atoms with Crippen LogP contribution in [-0.4, -0.2) is 38.0 Å². The van der Waals surface area contributed by atoms with Gasteiger partial charge in [-0.1, -0.05) is 18.2 Å². The largest absolute Gasteiger partial charge is 0.325 e. The lowest BCUT2D eigenvalue weighted by Crippen LogP contribution is -2.35. The predicted molar refractivity (Wildman–Crippen MR) is 96.0 cm³/mol. The van der Waals surface area contributed by atoms with Crippen LogP contribution in [0.3, 0.4) is 0 Å². The van der Waals surface area contributed by atoms with E-state index in [-0.39, 0.29) is 10.7 Å². The predicted octanol–water partition coefficient (Wildman–Crippen LogP) is 2.02. The Hall–Kier alpha value is -3.02. The number of rotatable bonds is 6. The third kappa shape index (κ3) is 4.53. The zero-order chi connectivity index (χ0) is 19.3. The molecule has 7 nitrogen and oxygen atoms in total. The molecular formula is C18H17N3O4S. The van der Waals surface area contributed by atoms with Gasteiger partial charge in [0.1, 0.15) is 0 Å². The molecule has 0 radical (unpaired) electrons. The van der Waals surface area contributed by atoms with E-state index in [9.17, 15) is 18.0 Å². The number of likely N-dealkylation sites (N-methyl/N-ethyl adjacent to an activating group) is 1. The molecule has 26 heavy (non-hydrogen) atoms. The molecule has 1 N–H and O–H groups in total. The molecule has 0 fully saturated rings. The number of hydrogen-bond acceptors (Lipinski definition) is 5. The summed E-state index contributed by atoms with van der Waals surface area (Å²) in [5.41, 5.74) is 1.20. The molecule has 134 valence electrons. The van der Waals surface area contributed by atoms with Crippen LogP contribution in [0.15, 0.2) is 53.4 Å². The number of ketones is 1. The van der Waals surface area contributed by atoms with Crippen molar-refractivity contribution in [1.82, 2.24) is 4.31 Å². The number of amides is 1. The number of benzene rings is 2. The van der Waals surface area contributed by atoms with Gasteiger partial charge in [0.25, 0.3) is 0 Å². The van der Waals surface area contributed by atoms with E-state index in [1.165, 1.54) is 44.3 Å². The second-order valence-electron chi connectivity index (χ2n) is 5.58. The van der Waals surface area contributed by atoms with Crippen molar-refractivity contribution in [2.24, 2.45) is 0 Å². The zero-order valence-electron chi connectivity index (χ0n) is 14.3.